The summed E-state index contributed by atoms with van der Waals surface area (Å²) in [7, 11) is 0. The molecule has 0 aliphatic carbocycles. The van der Waals surface area contributed by atoms with E-state index in [2.05, 4.69) is 32.6 Å². The molecule has 6 nitrogen and oxygen atoms in total. The lowest BCUT2D eigenvalue weighted by molar-refractivity contribution is -0.150. The lowest BCUT2D eigenvalue weighted by atomic mass is 10.0. The fourth-order valence-electron chi connectivity index (χ4n) is 7.30. The van der Waals surface area contributed by atoms with Crippen LogP contribution in [0.3, 0.4) is 0 Å². The van der Waals surface area contributed by atoms with E-state index in [0.717, 1.165) is 96.7 Å². The third-order valence-electron chi connectivity index (χ3n) is 10.8. The van der Waals surface area contributed by atoms with E-state index in [0.29, 0.717) is 12.8 Å². The highest BCUT2D eigenvalue weighted by Crippen LogP contribution is 2.19. The molecule has 0 amide bonds. The van der Waals surface area contributed by atoms with Crippen molar-refractivity contribution in [2.24, 2.45) is 0 Å². The van der Waals surface area contributed by atoms with E-state index >= 15 is 0 Å². The van der Waals surface area contributed by atoms with Crippen molar-refractivity contribution in [2.45, 2.75) is 258 Å². The summed E-state index contributed by atoms with van der Waals surface area (Å²) in [5.74, 6) is -0.00177. The summed E-state index contributed by atoms with van der Waals surface area (Å²) < 4.78 is 11.8. The van der Waals surface area contributed by atoms with E-state index in [4.69, 9.17) is 9.47 Å². The van der Waals surface area contributed by atoms with E-state index in [1.54, 1.807) is 0 Å². The highest BCUT2D eigenvalue weighted by atomic mass is 16.5. The average Bonchev–Trinajstić information content (AvgIpc) is 3.14. The number of esters is 2. The number of nitrogens with zero attached hydrogens (tertiary/aromatic N) is 1. The van der Waals surface area contributed by atoms with Crippen molar-refractivity contribution in [1.29, 1.82) is 0 Å². The molecule has 1 N–H and O–H groups in total. The van der Waals surface area contributed by atoms with E-state index < -0.39 is 0 Å². The predicted molar refractivity (Wildman–Crippen MR) is 223 cm³/mol. The van der Waals surface area contributed by atoms with Gasteiger partial charge in [-0.3, -0.25) is 9.59 Å². The van der Waals surface area contributed by atoms with Gasteiger partial charge in [-0.05, 0) is 83.7 Å². The maximum Gasteiger partial charge on any atom is 0.306 e. The predicted octanol–water partition coefficient (Wildman–Crippen LogP) is 13.4. The summed E-state index contributed by atoms with van der Waals surface area (Å²) in [6, 6.07) is 0. The van der Waals surface area contributed by atoms with Crippen LogP contribution in [0.5, 0.6) is 0 Å². The number of unbranched alkanes of at least 4 members (excludes halogenated alkanes) is 23. The molecule has 0 saturated heterocycles. The first-order chi connectivity index (χ1) is 25.5. The van der Waals surface area contributed by atoms with Crippen LogP contribution in [0.2, 0.25) is 0 Å². The Morgan fingerprint density at radius 1 is 0.423 bits per heavy atom. The van der Waals surface area contributed by atoms with Crippen LogP contribution < -0.4 is 0 Å². The molecule has 0 bridgehead atoms. The lowest BCUT2D eigenvalue weighted by Crippen LogP contribution is -2.29. The van der Waals surface area contributed by atoms with Gasteiger partial charge < -0.3 is 19.5 Å². The molecule has 52 heavy (non-hydrogen) atoms. The smallest absolute Gasteiger partial charge is 0.306 e. The van der Waals surface area contributed by atoms with Gasteiger partial charge in [0.05, 0.1) is 6.61 Å². The third kappa shape index (κ3) is 35.9. The minimum absolute atomic E-state index is 0.0138. The second kappa shape index (κ2) is 41.0. The van der Waals surface area contributed by atoms with Crippen molar-refractivity contribution in [3.63, 3.8) is 0 Å². The summed E-state index contributed by atoms with van der Waals surface area (Å²) in [5.41, 5.74) is 0. The topological polar surface area (TPSA) is 76.1 Å². The van der Waals surface area contributed by atoms with Crippen molar-refractivity contribution in [1.82, 2.24) is 4.90 Å². The number of hydrogen-bond donors (Lipinski definition) is 1. The van der Waals surface area contributed by atoms with Gasteiger partial charge in [-0.1, -0.05) is 163 Å². The molecule has 0 aromatic rings. The Morgan fingerprint density at radius 3 is 1.13 bits per heavy atom. The number of aliphatic hydroxyl groups is 1. The van der Waals surface area contributed by atoms with Crippen LogP contribution in [0.1, 0.15) is 246 Å². The van der Waals surface area contributed by atoms with Gasteiger partial charge in [0.25, 0.3) is 0 Å². The molecule has 6 heteroatoms. The summed E-state index contributed by atoms with van der Waals surface area (Å²) in [6.07, 6.45) is 39.3. The zero-order valence-corrected chi connectivity index (χ0v) is 35.6. The van der Waals surface area contributed by atoms with Crippen molar-refractivity contribution in [2.75, 3.05) is 26.2 Å². The molecule has 0 saturated carbocycles. The van der Waals surface area contributed by atoms with Gasteiger partial charge in [-0.2, -0.15) is 0 Å². The molecule has 0 radical (unpaired) electrons. The Labute approximate surface area is 324 Å². The second-order valence-corrected chi connectivity index (χ2v) is 15.9. The first-order valence-corrected chi connectivity index (χ1v) is 23.2. The summed E-state index contributed by atoms with van der Waals surface area (Å²) in [6.45, 7) is 11.9. The summed E-state index contributed by atoms with van der Waals surface area (Å²) in [4.78, 5) is 27.4. The maximum atomic E-state index is 12.7. The molecular weight excluding hydrogens is 647 g/mol. The van der Waals surface area contributed by atoms with E-state index in [1.807, 2.05) is 0 Å². The normalized spacial score (nSPS) is 12.2. The molecule has 1 atom stereocenters. The van der Waals surface area contributed by atoms with Gasteiger partial charge >= 0.3 is 11.9 Å². The number of carbonyl (C=O) groups is 2. The highest BCUT2D eigenvalue weighted by Gasteiger charge is 2.15. The summed E-state index contributed by atoms with van der Waals surface area (Å²) >= 11 is 0. The molecule has 0 aromatic heterocycles. The standard InChI is InChI=1S/C46H91NO5/c1-5-9-12-15-20-27-34-43(8-4)51-45(49)37-30-23-18-25-32-39-47(41-42-48)40-33-26-19-24-31-38-46(50)52-44(35-28-21-16-13-10-6-2)36-29-22-17-14-11-7-3/h43-44,48H,5-42H2,1-4H3/t43-/m1/s1. The van der Waals surface area contributed by atoms with Gasteiger partial charge in [0.15, 0.2) is 0 Å². The number of hydrogen-bond acceptors (Lipinski definition) is 6. The molecule has 0 aliphatic heterocycles. The summed E-state index contributed by atoms with van der Waals surface area (Å²) in [5, 5.41) is 9.57. The Balaban J connectivity index is 4.04. The number of carbonyl (C=O) groups excluding carboxylic acids is 2. The molecule has 0 heterocycles. The van der Waals surface area contributed by atoms with Crippen molar-refractivity contribution < 1.29 is 24.2 Å². The molecule has 0 aromatic carbocycles. The van der Waals surface area contributed by atoms with Crippen molar-refractivity contribution in [3.05, 3.63) is 0 Å². The minimum atomic E-state index is -0.0156. The van der Waals surface area contributed by atoms with Gasteiger partial charge in [-0.25, -0.2) is 0 Å². The quantitative estimate of drug-likeness (QED) is 0.0496. The molecule has 0 unspecified atom stereocenters. The fraction of sp³-hybridized carbons (Fsp3) is 0.957. The minimum Gasteiger partial charge on any atom is -0.462 e. The molecule has 310 valence electrons. The SMILES string of the molecule is CCCCCCCCC(CCCCCCCC)OC(=O)CCCCCCCN(CCO)CCCCCCCC(=O)O[C@H](CC)CCCCCCCC. The third-order valence-corrected chi connectivity index (χ3v) is 10.8. The number of ether oxygens (including phenoxy) is 2. The monoisotopic (exact) mass is 738 g/mol. The zero-order valence-electron chi connectivity index (χ0n) is 35.6. The van der Waals surface area contributed by atoms with Crippen LogP contribution in [0.4, 0.5) is 0 Å². The van der Waals surface area contributed by atoms with Crippen molar-refractivity contribution >= 4 is 11.9 Å². The highest BCUT2D eigenvalue weighted by molar-refractivity contribution is 5.69. The number of rotatable bonds is 42. The van der Waals surface area contributed by atoms with Gasteiger partial charge in [-0.15, -0.1) is 0 Å². The first kappa shape index (κ1) is 50.9. The van der Waals surface area contributed by atoms with Crippen LogP contribution in [0.25, 0.3) is 0 Å². The van der Waals surface area contributed by atoms with Crippen LogP contribution in [0.15, 0.2) is 0 Å². The molecule has 0 aliphatic rings. The molecule has 0 fully saturated rings. The average molecular weight is 738 g/mol. The van der Waals surface area contributed by atoms with Crippen LogP contribution in [-0.2, 0) is 19.1 Å². The van der Waals surface area contributed by atoms with E-state index in [9.17, 15) is 14.7 Å². The zero-order chi connectivity index (χ0) is 38.2. The molecule has 0 spiro atoms. The van der Waals surface area contributed by atoms with E-state index in [1.165, 1.54) is 128 Å². The molecule has 0 rings (SSSR count). The molecular formula is C46H91NO5. The first-order valence-electron chi connectivity index (χ1n) is 23.2. The Kier molecular flexibility index (Phi) is 40.1. The van der Waals surface area contributed by atoms with Gasteiger partial charge in [0, 0.05) is 19.4 Å². The van der Waals surface area contributed by atoms with Gasteiger partial charge in [0.2, 0.25) is 0 Å². The van der Waals surface area contributed by atoms with Crippen LogP contribution >= 0.6 is 0 Å². The second-order valence-electron chi connectivity index (χ2n) is 15.9. The van der Waals surface area contributed by atoms with Crippen LogP contribution in [0, 0.1) is 0 Å². The fourth-order valence-corrected chi connectivity index (χ4v) is 7.30. The largest absolute Gasteiger partial charge is 0.462 e. The Morgan fingerprint density at radius 2 is 0.750 bits per heavy atom. The van der Waals surface area contributed by atoms with Crippen molar-refractivity contribution in [3.8, 4) is 0 Å². The van der Waals surface area contributed by atoms with E-state index in [-0.39, 0.29) is 30.8 Å². The lowest BCUT2D eigenvalue weighted by Gasteiger charge is -2.21. The Hall–Kier alpha value is -1.14. The van der Waals surface area contributed by atoms with Crippen LogP contribution in [-0.4, -0.2) is 60.4 Å². The van der Waals surface area contributed by atoms with Gasteiger partial charge in [0.1, 0.15) is 12.2 Å². The Bertz CT molecular complexity index is 730. The maximum absolute atomic E-state index is 12.7. The number of aliphatic hydroxyl groups excluding tert-OH is 1.